The molecule has 0 aromatic heterocycles. The summed E-state index contributed by atoms with van der Waals surface area (Å²) in [7, 11) is 2.93. The van der Waals surface area contributed by atoms with Gasteiger partial charge in [-0.05, 0) is 61.9 Å². The summed E-state index contributed by atoms with van der Waals surface area (Å²) in [5.41, 5.74) is 4.93. The van der Waals surface area contributed by atoms with Crippen LogP contribution < -0.4 is 10.2 Å². The van der Waals surface area contributed by atoms with Crippen molar-refractivity contribution in [3.8, 4) is 0 Å². The molecule has 1 N–H and O–H groups in total. The van der Waals surface area contributed by atoms with Crippen LogP contribution in [0, 0.1) is 0 Å². The summed E-state index contributed by atoms with van der Waals surface area (Å²) in [5, 5.41) is 3.72. The van der Waals surface area contributed by atoms with Crippen molar-refractivity contribution in [2.45, 2.75) is 56.3 Å². The third-order valence-electron chi connectivity index (χ3n) is 6.01. The molecule has 1 aromatic carbocycles. The van der Waals surface area contributed by atoms with Gasteiger partial charge >= 0.3 is 0 Å². The lowest BCUT2D eigenvalue weighted by molar-refractivity contribution is 0.379. The summed E-state index contributed by atoms with van der Waals surface area (Å²) < 4.78 is 0. The fraction of sp³-hybridized carbons (Fsp3) is 0.478. The average Bonchev–Trinajstić information content (AvgIpc) is 2.97. The van der Waals surface area contributed by atoms with Gasteiger partial charge in [0.05, 0.1) is 0 Å². The van der Waals surface area contributed by atoms with E-state index in [-0.39, 0.29) is 0 Å². The standard InChI is InChI=1S/C23H31N2P/c26-23-11-6-7-18-15-22(16-19(18)17-23)25(21-9-2-1-3-10-21)14-12-20-8-4-5-13-24-20/h1-3,6-7,9-11,17,20,22-24H,4-5,8,12-16,26H2. The normalized spacial score (nSPS) is 28.1. The van der Waals surface area contributed by atoms with Gasteiger partial charge in [0.1, 0.15) is 0 Å². The quantitative estimate of drug-likeness (QED) is 0.749. The van der Waals surface area contributed by atoms with E-state index in [4.69, 9.17) is 0 Å². The second-order valence-electron chi connectivity index (χ2n) is 7.87. The summed E-state index contributed by atoms with van der Waals surface area (Å²) >= 11 is 0. The maximum Gasteiger partial charge on any atom is 0.0370 e. The molecular formula is C23H31N2P. The van der Waals surface area contributed by atoms with Crippen molar-refractivity contribution in [3.63, 3.8) is 0 Å². The molecule has 26 heavy (non-hydrogen) atoms. The topological polar surface area (TPSA) is 15.3 Å². The minimum atomic E-state index is 0.467. The van der Waals surface area contributed by atoms with Gasteiger partial charge < -0.3 is 10.2 Å². The Morgan fingerprint density at radius 1 is 1.08 bits per heavy atom. The molecule has 1 saturated heterocycles. The van der Waals surface area contributed by atoms with Crippen molar-refractivity contribution in [2.24, 2.45) is 0 Å². The lowest BCUT2D eigenvalue weighted by Gasteiger charge is -2.33. The van der Waals surface area contributed by atoms with Crippen molar-refractivity contribution in [3.05, 3.63) is 65.8 Å². The highest BCUT2D eigenvalue weighted by atomic mass is 31.0. The predicted octanol–water partition coefficient (Wildman–Crippen LogP) is 4.85. The number of allylic oxidation sites excluding steroid dienone is 4. The second kappa shape index (κ2) is 8.55. The van der Waals surface area contributed by atoms with Gasteiger partial charge in [-0.2, -0.15) is 0 Å². The number of nitrogens with zero attached hydrogens (tertiary/aromatic N) is 1. The van der Waals surface area contributed by atoms with Gasteiger partial charge in [-0.25, -0.2) is 0 Å². The highest BCUT2D eigenvalue weighted by Crippen LogP contribution is 2.38. The molecule has 2 aliphatic carbocycles. The molecule has 1 heterocycles. The minimum Gasteiger partial charge on any atom is -0.368 e. The van der Waals surface area contributed by atoms with E-state index >= 15 is 0 Å². The van der Waals surface area contributed by atoms with Crippen LogP contribution in [-0.4, -0.2) is 30.8 Å². The Labute approximate surface area is 160 Å². The molecule has 1 aromatic rings. The highest BCUT2D eigenvalue weighted by molar-refractivity contribution is 7.18. The molecule has 3 aliphatic rings. The lowest BCUT2D eigenvalue weighted by Crippen LogP contribution is -2.40. The first-order chi connectivity index (χ1) is 12.8. The lowest BCUT2D eigenvalue weighted by atomic mass is 10.0. The van der Waals surface area contributed by atoms with E-state index in [9.17, 15) is 0 Å². The van der Waals surface area contributed by atoms with E-state index in [1.807, 2.05) is 0 Å². The molecule has 4 rings (SSSR count). The van der Waals surface area contributed by atoms with Gasteiger partial charge in [0.25, 0.3) is 0 Å². The Morgan fingerprint density at radius 3 is 2.73 bits per heavy atom. The zero-order valence-corrected chi connectivity index (χ0v) is 16.8. The Balaban J connectivity index is 1.51. The summed E-state index contributed by atoms with van der Waals surface area (Å²) in [4.78, 5) is 2.67. The number of para-hydroxylation sites is 1. The molecule has 1 saturated carbocycles. The number of anilines is 1. The number of piperidine rings is 1. The Hall–Kier alpha value is -1.37. The molecule has 2 nitrogen and oxygen atoms in total. The van der Waals surface area contributed by atoms with Crippen LogP contribution in [0.15, 0.2) is 65.8 Å². The van der Waals surface area contributed by atoms with Crippen molar-refractivity contribution < 1.29 is 0 Å². The smallest absolute Gasteiger partial charge is 0.0370 e. The first kappa shape index (κ1) is 18.0. The molecule has 138 valence electrons. The van der Waals surface area contributed by atoms with Gasteiger partial charge in [0.15, 0.2) is 0 Å². The van der Waals surface area contributed by atoms with Crippen molar-refractivity contribution in [1.82, 2.24) is 5.32 Å². The third-order valence-corrected chi connectivity index (χ3v) is 6.42. The van der Waals surface area contributed by atoms with Crippen LogP contribution in [0.4, 0.5) is 5.69 Å². The molecule has 0 radical (unpaired) electrons. The van der Waals surface area contributed by atoms with E-state index < -0.39 is 0 Å². The highest BCUT2D eigenvalue weighted by Gasteiger charge is 2.30. The number of nitrogens with one attached hydrogen (secondary N) is 1. The summed E-state index contributed by atoms with van der Waals surface area (Å²) in [5.74, 6) is 0. The minimum absolute atomic E-state index is 0.467. The second-order valence-corrected chi connectivity index (χ2v) is 8.64. The van der Waals surface area contributed by atoms with Crippen LogP contribution in [0.2, 0.25) is 0 Å². The van der Waals surface area contributed by atoms with Gasteiger partial charge in [-0.1, -0.05) is 48.9 Å². The zero-order valence-electron chi connectivity index (χ0n) is 15.6. The fourth-order valence-electron chi connectivity index (χ4n) is 4.61. The van der Waals surface area contributed by atoms with E-state index in [0.717, 1.165) is 6.54 Å². The average molecular weight is 366 g/mol. The Kier molecular flexibility index (Phi) is 5.92. The van der Waals surface area contributed by atoms with Crippen LogP contribution in [0.1, 0.15) is 38.5 Å². The van der Waals surface area contributed by atoms with Gasteiger partial charge in [-0.3, -0.25) is 0 Å². The number of benzene rings is 1. The Morgan fingerprint density at radius 2 is 1.92 bits per heavy atom. The molecule has 4 unspecified atom stereocenters. The van der Waals surface area contributed by atoms with Crippen LogP contribution in [0.3, 0.4) is 0 Å². The van der Waals surface area contributed by atoms with Crippen molar-refractivity contribution in [1.29, 1.82) is 0 Å². The maximum absolute atomic E-state index is 3.72. The molecule has 4 atom stereocenters. The predicted molar refractivity (Wildman–Crippen MR) is 116 cm³/mol. The first-order valence-corrected chi connectivity index (χ1v) is 10.9. The SMILES string of the molecule is PC1C=CC=C2CC(N(CCC3CCCCN3)c3ccccc3)CC2=C1. The van der Waals surface area contributed by atoms with Crippen LogP contribution in [-0.2, 0) is 0 Å². The molecule has 1 aliphatic heterocycles. The molecule has 2 fully saturated rings. The van der Waals surface area contributed by atoms with E-state index in [2.05, 4.69) is 74.1 Å². The van der Waals surface area contributed by atoms with E-state index in [1.165, 1.54) is 56.3 Å². The molecule has 0 amide bonds. The molecule has 0 spiro atoms. The zero-order chi connectivity index (χ0) is 17.8. The molecule has 3 heteroatoms. The summed E-state index contributed by atoms with van der Waals surface area (Å²) in [6.45, 7) is 2.34. The van der Waals surface area contributed by atoms with E-state index in [0.29, 0.717) is 17.7 Å². The van der Waals surface area contributed by atoms with Crippen LogP contribution in [0.25, 0.3) is 0 Å². The summed E-state index contributed by atoms with van der Waals surface area (Å²) in [6.07, 6.45) is 16.9. The van der Waals surface area contributed by atoms with Crippen molar-refractivity contribution in [2.75, 3.05) is 18.0 Å². The van der Waals surface area contributed by atoms with E-state index in [1.54, 1.807) is 5.57 Å². The molecule has 0 bridgehead atoms. The fourth-order valence-corrected chi connectivity index (χ4v) is 4.97. The van der Waals surface area contributed by atoms with Gasteiger partial charge in [0, 0.05) is 30.0 Å². The first-order valence-electron chi connectivity index (χ1n) is 10.2. The number of rotatable bonds is 5. The summed E-state index contributed by atoms with van der Waals surface area (Å²) in [6, 6.07) is 12.3. The largest absolute Gasteiger partial charge is 0.368 e. The number of hydrogen-bond donors (Lipinski definition) is 1. The monoisotopic (exact) mass is 366 g/mol. The van der Waals surface area contributed by atoms with Crippen LogP contribution >= 0.6 is 9.24 Å². The number of fused-ring (bicyclic) bond motifs is 1. The Bertz CT molecular complexity index is 685. The van der Waals surface area contributed by atoms with Crippen LogP contribution in [0.5, 0.6) is 0 Å². The maximum atomic E-state index is 3.72. The van der Waals surface area contributed by atoms with Gasteiger partial charge in [0.2, 0.25) is 0 Å². The van der Waals surface area contributed by atoms with Crippen molar-refractivity contribution >= 4 is 14.9 Å². The van der Waals surface area contributed by atoms with Gasteiger partial charge in [-0.15, -0.1) is 9.24 Å². The third kappa shape index (κ3) is 4.30. The molecular weight excluding hydrogens is 335 g/mol. The number of hydrogen-bond acceptors (Lipinski definition) is 2.